The predicted octanol–water partition coefficient (Wildman–Crippen LogP) is 2.71. The number of fused-ring (bicyclic) bond motifs is 1. The lowest BCUT2D eigenvalue weighted by Crippen LogP contribution is -2.23. The van der Waals surface area contributed by atoms with Crippen molar-refractivity contribution < 1.29 is 9.32 Å². The summed E-state index contributed by atoms with van der Waals surface area (Å²) < 4.78 is 6.93. The number of carbonyl (C=O) groups excluding carboxylic acids is 1. The highest BCUT2D eigenvalue weighted by Crippen LogP contribution is 2.17. The molecule has 0 aliphatic heterocycles. The van der Waals surface area contributed by atoms with Gasteiger partial charge in [-0.1, -0.05) is 29.4 Å². The van der Waals surface area contributed by atoms with Gasteiger partial charge in [0.25, 0.3) is 11.6 Å². The highest BCUT2D eigenvalue weighted by Gasteiger charge is 2.12. The smallest absolute Gasteiger partial charge is 0.257 e. The molecule has 0 spiro atoms. The average molecular weight is 347 g/mol. The number of carbonyl (C=O) groups is 1. The highest BCUT2D eigenvalue weighted by atomic mass is 16.5. The van der Waals surface area contributed by atoms with E-state index in [-0.39, 0.29) is 5.91 Å². The first kappa shape index (κ1) is 16.0. The maximum atomic E-state index is 12.5. The molecule has 7 nitrogen and oxygen atoms in total. The summed E-state index contributed by atoms with van der Waals surface area (Å²) in [5.41, 5.74) is 3.79. The molecule has 7 heteroatoms. The number of pyridine rings is 1. The average Bonchev–Trinajstić information content (AvgIpc) is 3.30. The summed E-state index contributed by atoms with van der Waals surface area (Å²) >= 11 is 0. The molecule has 0 fully saturated rings. The Kier molecular flexibility index (Phi) is 4.18. The van der Waals surface area contributed by atoms with Crippen LogP contribution in [0.3, 0.4) is 0 Å². The number of nitrogens with zero attached hydrogens (tertiary/aromatic N) is 4. The van der Waals surface area contributed by atoms with Crippen LogP contribution in [0.1, 0.15) is 27.2 Å². The van der Waals surface area contributed by atoms with Crippen LogP contribution in [-0.2, 0) is 13.1 Å². The highest BCUT2D eigenvalue weighted by molar-refractivity contribution is 5.96. The number of benzene rings is 1. The van der Waals surface area contributed by atoms with Gasteiger partial charge in [-0.25, -0.2) is 4.98 Å². The molecule has 26 heavy (non-hydrogen) atoms. The van der Waals surface area contributed by atoms with Gasteiger partial charge in [0.05, 0.1) is 23.2 Å². The predicted molar refractivity (Wildman–Crippen MR) is 95.5 cm³/mol. The molecule has 4 aromatic rings. The first-order chi connectivity index (χ1) is 12.7. The summed E-state index contributed by atoms with van der Waals surface area (Å²) in [6.07, 6.45) is 5.16. The van der Waals surface area contributed by atoms with E-state index in [1.54, 1.807) is 12.3 Å². The Morgan fingerprint density at radius 1 is 1.23 bits per heavy atom. The quantitative estimate of drug-likeness (QED) is 0.600. The molecule has 1 N–H and O–H groups in total. The number of amides is 1. The van der Waals surface area contributed by atoms with Crippen LogP contribution in [0.2, 0.25) is 0 Å². The van der Waals surface area contributed by atoms with Crippen LogP contribution in [0.5, 0.6) is 0 Å². The monoisotopic (exact) mass is 347 g/mol. The molecule has 0 radical (unpaired) electrons. The Morgan fingerprint density at radius 2 is 2.08 bits per heavy atom. The van der Waals surface area contributed by atoms with Crippen molar-refractivity contribution in [3.8, 4) is 0 Å². The molecule has 3 heterocycles. The minimum Gasteiger partial charge on any atom is -0.348 e. The van der Waals surface area contributed by atoms with Gasteiger partial charge in [-0.2, -0.15) is 5.10 Å². The van der Waals surface area contributed by atoms with Crippen LogP contribution in [-0.4, -0.2) is 25.8 Å². The van der Waals surface area contributed by atoms with Gasteiger partial charge < -0.3 is 9.84 Å². The molecule has 3 aromatic heterocycles. The number of aromatic nitrogens is 4. The molecular formula is C19H17N5O2. The van der Waals surface area contributed by atoms with E-state index in [1.807, 2.05) is 48.1 Å². The molecule has 1 aromatic carbocycles. The van der Waals surface area contributed by atoms with E-state index < -0.39 is 0 Å². The van der Waals surface area contributed by atoms with Crippen molar-refractivity contribution in [3.05, 3.63) is 77.4 Å². The Balaban J connectivity index is 1.49. The number of nitrogens with one attached hydrogen (secondary N) is 1. The summed E-state index contributed by atoms with van der Waals surface area (Å²) in [6.45, 7) is 2.91. The van der Waals surface area contributed by atoms with Gasteiger partial charge in [0.15, 0.2) is 0 Å². The van der Waals surface area contributed by atoms with Crippen LogP contribution in [0.25, 0.3) is 11.1 Å². The molecule has 130 valence electrons. The second-order valence-corrected chi connectivity index (χ2v) is 6.00. The van der Waals surface area contributed by atoms with E-state index in [9.17, 15) is 4.79 Å². The normalized spacial score (nSPS) is 11.0. The van der Waals surface area contributed by atoms with Crippen LogP contribution in [0.15, 0.2) is 59.5 Å². The van der Waals surface area contributed by atoms with Crippen molar-refractivity contribution in [1.82, 2.24) is 25.2 Å². The van der Waals surface area contributed by atoms with Gasteiger partial charge in [0, 0.05) is 25.1 Å². The molecule has 0 saturated carbocycles. The first-order valence-corrected chi connectivity index (χ1v) is 8.25. The minimum atomic E-state index is -0.186. The van der Waals surface area contributed by atoms with Gasteiger partial charge in [0.1, 0.15) is 0 Å². The third-order valence-corrected chi connectivity index (χ3v) is 4.22. The van der Waals surface area contributed by atoms with Crippen molar-refractivity contribution >= 4 is 17.0 Å². The maximum Gasteiger partial charge on any atom is 0.257 e. The lowest BCUT2D eigenvalue weighted by molar-refractivity contribution is 0.0950. The Morgan fingerprint density at radius 3 is 2.88 bits per heavy atom. The minimum absolute atomic E-state index is 0.186. The van der Waals surface area contributed by atoms with Gasteiger partial charge in [-0.3, -0.25) is 9.48 Å². The van der Waals surface area contributed by atoms with Crippen LogP contribution in [0.4, 0.5) is 0 Å². The number of hydrogen-bond acceptors (Lipinski definition) is 5. The van der Waals surface area contributed by atoms with Crippen LogP contribution >= 0.6 is 0 Å². The summed E-state index contributed by atoms with van der Waals surface area (Å²) in [5, 5.41) is 11.8. The fourth-order valence-electron chi connectivity index (χ4n) is 2.80. The van der Waals surface area contributed by atoms with E-state index in [4.69, 9.17) is 4.52 Å². The zero-order valence-electron chi connectivity index (χ0n) is 14.2. The summed E-state index contributed by atoms with van der Waals surface area (Å²) in [6, 6.07) is 11.6. The van der Waals surface area contributed by atoms with E-state index in [1.165, 1.54) is 6.20 Å². The van der Waals surface area contributed by atoms with Crippen molar-refractivity contribution in [2.75, 3.05) is 0 Å². The molecule has 0 aliphatic carbocycles. The standard InChI is InChI=1S/C19H17N5O2/c1-13-17-9-16(11-21-19(17)26-23-13)18(25)20-10-14-5-2-3-6-15(14)12-24-8-4-7-22-24/h2-9,11H,10,12H2,1H3,(H,20,25). The fourth-order valence-corrected chi connectivity index (χ4v) is 2.80. The van der Waals surface area contributed by atoms with E-state index in [0.29, 0.717) is 30.1 Å². The largest absolute Gasteiger partial charge is 0.348 e. The molecule has 0 atom stereocenters. The van der Waals surface area contributed by atoms with E-state index in [2.05, 4.69) is 20.6 Å². The zero-order valence-corrected chi connectivity index (χ0v) is 14.2. The van der Waals surface area contributed by atoms with E-state index >= 15 is 0 Å². The topological polar surface area (TPSA) is 85.8 Å². The number of aryl methyl sites for hydroxylation is 1. The van der Waals surface area contributed by atoms with Crippen molar-refractivity contribution in [1.29, 1.82) is 0 Å². The Bertz CT molecular complexity index is 1050. The molecular weight excluding hydrogens is 330 g/mol. The van der Waals surface area contributed by atoms with E-state index in [0.717, 1.165) is 16.5 Å². The summed E-state index contributed by atoms with van der Waals surface area (Å²) in [4.78, 5) is 16.6. The lowest BCUT2D eigenvalue weighted by Gasteiger charge is -2.11. The second kappa shape index (κ2) is 6.79. The molecule has 0 unspecified atom stereocenters. The lowest BCUT2D eigenvalue weighted by atomic mass is 10.1. The van der Waals surface area contributed by atoms with Gasteiger partial charge >= 0.3 is 0 Å². The summed E-state index contributed by atoms with van der Waals surface area (Å²) in [7, 11) is 0. The van der Waals surface area contributed by atoms with Crippen molar-refractivity contribution in [2.24, 2.45) is 0 Å². The van der Waals surface area contributed by atoms with Gasteiger partial charge in [-0.05, 0) is 30.2 Å². The number of rotatable bonds is 5. The summed E-state index contributed by atoms with van der Waals surface area (Å²) in [5.74, 6) is -0.186. The van der Waals surface area contributed by atoms with Crippen molar-refractivity contribution in [2.45, 2.75) is 20.0 Å². The molecule has 4 rings (SSSR count). The van der Waals surface area contributed by atoms with Gasteiger partial charge in [0.2, 0.25) is 0 Å². The number of hydrogen-bond donors (Lipinski definition) is 1. The molecule has 1 amide bonds. The second-order valence-electron chi connectivity index (χ2n) is 6.00. The van der Waals surface area contributed by atoms with Crippen molar-refractivity contribution in [3.63, 3.8) is 0 Å². The third-order valence-electron chi connectivity index (χ3n) is 4.22. The zero-order chi connectivity index (χ0) is 17.9. The Hall–Kier alpha value is -3.48. The van der Waals surface area contributed by atoms with Crippen LogP contribution in [0, 0.1) is 6.92 Å². The Labute approximate surface area is 149 Å². The van der Waals surface area contributed by atoms with Gasteiger partial charge in [-0.15, -0.1) is 0 Å². The first-order valence-electron chi connectivity index (χ1n) is 8.25. The fraction of sp³-hybridized carbons (Fsp3) is 0.158. The SMILES string of the molecule is Cc1noc2ncc(C(=O)NCc3ccccc3Cn3cccn3)cc12. The maximum absolute atomic E-state index is 12.5. The molecule has 0 aliphatic rings. The third kappa shape index (κ3) is 3.19. The van der Waals surface area contributed by atoms with Crippen LogP contribution < -0.4 is 5.32 Å². The molecule has 0 bridgehead atoms. The molecule has 0 saturated heterocycles.